The Kier molecular flexibility index (Phi) is 5.87. The predicted octanol–water partition coefficient (Wildman–Crippen LogP) is 4.17. The van der Waals surface area contributed by atoms with Crippen LogP contribution in [0.5, 0.6) is 0 Å². The van der Waals surface area contributed by atoms with Crippen LogP contribution in [0.4, 0.5) is 0 Å². The summed E-state index contributed by atoms with van der Waals surface area (Å²) in [6.07, 6.45) is 5.31. The quantitative estimate of drug-likeness (QED) is 0.458. The highest BCUT2D eigenvalue weighted by molar-refractivity contribution is 7.99. The van der Waals surface area contributed by atoms with E-state index in [-0.39, 0.29) is 0 Å². The predicted molar refractivity (Wildman–Crippen MR) is 81.7 cm³/mol. The van der Waals surface area contributed by atoms with Crippen molar-refractivity contribution in [3.8, 4) is 0 Å². The zero-order valence-electron chi connectivity index (χ0n) is 10.8. The van der Waals surface area contributed by atoms with Gasteiger partial charge >= 0.3 is 0 Å². The molecule has 1 aliphatic carbocycles. The van der Waals surface area contributed by atoms with Crippen LogP contribution in [0.3, 0.4) is 0 Å². The highest BCUT2D eigenvalue weighted by Crippen LogP contribution is 2.38. The van der Waals surface area contributed by atoms with Gasteiger partial charge in [-0.15, -0.1) is 23.4 Å². The highest BCUT2D eigenvalue weighted by atomic mass is 35.5. The first-order chi connectivity index (χ1) is 8.85. The molecule has 0 heterocycles. The number of thioether (sulfide) groups is 1. The average Bonchev–Trinajstić information content (AvgIpc) is 2.89. The second kappa shape index (κ2) is 7.42. The summed E-state index contributed by atoms with van der Waals surface area (Å²) in [6.45, 7) is 2.16. The minimum atomic E-state index is 0.388. The Labute approximate surface area is 120 Å². The van der Waals surface area contributed by atoms with Gasteiger partial charge in [0.05, 0.1) is 0 Å². The van der Waals surface area contributed by atoms with E-state index in [1.165, 1.54) is 30.6 Å². The zero-order valence-corrected chi connectivity index (χ0v) is 12.4. The van der Waals surface area contributed by atoms with Crippen LogP contribution in [0.25, 0.3) is 0 Å². The fourth-order valence-electron chi connectivity index (χ4n) is 2.59. The largest absolute Gasteiger partial charge is 0.315 e. The van der Waals surface area contributed by atoms with Gasteiger partial charge in [-0.3, -0.25) is 0 Å². The van der Waals surface area contributed by atoms with E-state index in [1.54, 1.807) is 0 Å². The van der Waals surface area contributed by atoms with Gasteiger partial charge in [-0.2, -0.15) is 0 Å². The lowest BCUT2D eigenvalue weighted by Gasteiger charge is -2.26. The van der Waals surface area contributed by atoms with Crippen molar-refractivity contribution < 1.29 is 0 Å². The smallest absolute Gasteiger partial charge is 0.0292 e. The molecule has 1 aromatic rings. The van der Waals surface area contributed by atoms with Gasteiger partial charge in [-0.05, 0) is 30.4 Å². The van der Waals surface area contributed by atoms with Crippen molar-refractivity contribution in [3.63, 3.8) is 0 Å². The summed E-state index contributed by atoms with van der Waals surface area (Å²) >= 11 is 8.04. The van der Waals surface area contributed by atoms with Crippen molar-refractivity contribution in [2.75, 3.05) is 24.7 Å². The number of alkyl halides is 1. The molecule has 0 aromatic heterocycles. The molecule has 0 radical (unpaired) electrons. The molecule has 0 bridgehead atoms. The number of benzene rings is 1. The summed E-state index contributed by atoms with van der Waals surface area (Å²) in [6, 6.07) is 10.6. The van der Waals surface area contributed by atoms with Gasteiger partial charge in [0.15, 0.2) is 0 Å². The normalized spacial score (nSPS) is 18.1. The van der Waals surface area contributed by atoms with Gasteiger partial charge in [0.1, 0.15) is 0 Å². The molecule has 0 amide bonds. The summed E-state index contributed by atoms with van der Waals surface area (Å²) in [5, 5.41) is 3.58. The van der Waals surface area contributed by atoms with E-state index in [0.717, 1.165) is 24.7 Å². The number of nitrogens with one attached hydrogen (secondary N) is 1. The topological polar surface area (TPSA) is 12.0 Å². The van der Waals surface area contributed by atoms with Crippen LogP contribution in [0.1, 0.15) is 25.7 Å². The maximum absolute atomic E-state index is 6.13. The van der Waals surface area contributed by atoms with E-state index in [0.29, 0.717) is 5.41 Å². The lowest BCUT2D eigenvalue weighted by molar-refractivity contribution is 0.325. The standard InChI is InChI=1S/C15H22ClNS/c16-12-15(8-4-5-9-15)13-17-10-11-18-14-6-2-1-3-7-14/h1-3,6-7,17H,4-5,8-13H2. The maximum atomic E-state index is 6.13. The molecular formula is C15H22ClNS. The molecular weight excluding hydrogens is 262 g/mol. The van der Waals surface area contributed by atoms with E-state index in [1.807, 2.05) is 11.8 Å². The molecule has 1 nitrogen and oxygen atoms in total. The van der Waals surface area contributed by atoms with Crippen LogP contribution < -0.4 is 5.32 Å². The summed E-state index contributed by atoms with van der Waals surface area (Å²) in [5.41, 5.74) is 0.388. The van der Waals surface area contributed by atoms with Gasteiger partial charge in [0.2, 0.25) is 0 Å². The lowest BCUT2D eigenvalue weighted by atomic mass is 9.88. The number of hydrogen-bond acceptors (Lipinski definition) is 2. The van der Waals surface area contributed by atoms with Gasteiger partial charge in [0, 0.05) is 29.6 Å². The van der Waals surface area contributed by atoms with Crippen molar-refractivity contribution in [1.29, 1.82) is 0 Å². The lowest BCUT2D eigenvalue weighted by Crippen LogP contribution is -2.34. The van der Waals surface area contributed by atoms with Crippen LogP contribution in [0.15, 0.2) is 35.2 Å². The van der Waals surface area contributed by atoms with Crippen molar-refractivity contribution in [1.82, 2.24) is 5.32 Å². The first-order valence-electron chi connectivity index (χ1n) is 6.79. The molecule has 1 aromatic carbocycles. The van der Waals surface area contributed by atoms with Crippen LogP contribution in [-0.4, -0.2) is 24.7 Å². The van der Waals surface area contributed by atoms with Gasteiger partial charge in [0.25, 0.3) is 0 Å². The Morgan fingerprint density at radius 2 is 1.89 bits per heavy atom. The fraction of sp³-hybridized carbons (Fsp3) is 0.600. The zero-order chi connectivity index (χ0) is 12.7. The first kappa shape index (κ1) is 14.2. The Morgan fingerprint density at radius 3 is 2.56 bits per heavy atom. The number of halogens is 1. The molecule has 3 heteroatoms. The summed E-state index contributed by atoms with van der Waals surface area (Å²) in [4.78, 5) is 1.35. The Balaban J connectivity index is 1.61. The van der Waals surface area contributed by atoms with Crippen molar-refractivity contribution in [3.05, 3.63) is 30.3 Å². The van der Waals surface area contributed by atoms with Crippen molar-refractivity contribution in [2.24, 2.45) is 5.41 Å². The molecule has 1 N–H and O–H groups in total. The second-order valence-electron chi connectivity index (χ2n) is 5.18. The monoisotopic (exact) mass is 283 g/mol. The molecule has 2 rings (SSSR count). The fourth-order valence-corrected chi connectivity index (χ4v) is 3.79. The van der Waals surface area contributed by atoms with Crippen LogP contribution in [0, 0.1) is 5.41 Å². The molecule has 0 atom stereocenters. The van der Waals surface area contributed by atoms with Crippen LogP contribution in [-0.2, 0) is 0 Å². The Hall–Kier alpha value is -0.180. The van der Waals surface area contributed by atoms with Gasteiger partial charge in [-0.25, -0.2) is 0 Å². The molecule has 18 heavy (non-hydrogen) atoms. The third-order valence-electron chi connectivity index (χ3n) is 3.74. The molecule has 1 fully saturated rings. The number of hydrogen-bond donors (Lipinski definition) is 1. The summed E-state index contributed by atoms with van der Waals surface area (Å²) < 4.78 is 0. The van der Waals surface area contributed by atoms with E-state index >= 15 is 0 Å². The SMILES string of the molecule is ClCC1(CNCCSc2ccccc2)CCCC1. The number of rotatable bonds is 7. The minimum Gasteiger partial charge on any atom is -0.315 e. The van der Waals surface area contributed by atoms with Gasteiger partial charge in [-0.1, -0.05) is 31.0 Å². The molecule has 0 unspecified atom stereocenters. The summed E-state index contributed by atoms with van der Waals surface area (Å²) in [7, 11) is 0. The molecule has 0 spiro atoms. The van der Waals surface area contributed by atoms with E-state index < -0.39 is 0 Å². The molecule has 1 saturated carbocycles. The van der Waals surface area contributed by atoms with E-state index in [2.05, 4.69) is 35.6 Å². The second-order valence-corrected chi connectivity index (χ2v) is 6.61. The van der Waals surface area contributed by atoms with Crippen LogP contribution >= 0.6 is 23.4 Å². The Bertz CT molecular complexity index is 336. The highest BCUT2D eigenvalue weighted by Gasteiger charge is 2.32. The first-order valence-corrected chi connectivity index (χ1v) is 8.31. The molecule has 100 valence electrons. The van der Waals surface area contributed by atoms with Crippen molar-refractivity contribution in [2.45, 2.75) is 30.6 Å². The van der Waals surface area contributed by atoms with Crippen LogP contribution in [0.2, 0.25) is 0 Å². The third kappa shape index (κ3) is 4.18. The maximum Gasteiger partial charge on any atom is 0.0292 e. The average molecular weight is 284 g/mol. The molecule has 1 aliphatic rings. The van der Waals surface area contributed by atoms with Crippen molar-refractivity contribution >= 4 is 23.4 Å². The third-order valence-corrected chi connectivity index (χ3v) is 5.32. The summed E-state index contributed by atoms with van der Waals surface area (Å²) in [5.74, 6) is 1.94. The van der Waals surface area contributed by atoms with Gasteiger partial charge < -0.3 is 5.32 Å². The molecule has 0 aliphatic heterocycles. The minimum absolute atomic E-state index is 0.388. The Morgan fingerprint density at radius 1 is 1.17 bits per heavy atom. The van der Waals surface area contributed by atoms with E-state index in [4.69, 9.17) is 11.6 Å². The van der Waals surface area contributed by atoms with E-state index in [9.17, 15) is 0 Å². The molecule has 0 saturated heterocycles.